The third kappa shape index (κ3) is 4.57. The summed E-state index contributed by atoms with van der Waals surface area (Å²) in [6, 6.07) is 12.2. The van der Waals surface area contributed by atoms with Gasteiger partial charge in [-0.05, 0) is 47.9 Å². The third-order valence-corrected chi connectivity index (χ3v) is 7.36. The number of tetrazole rings is 1. The highest BCUT2D eigenvalue weighted by molar-refractivity contribution is 5.78. The van der Waals surface area contributed by atoms with Gasteiger partial charge < -0.3 is 0 Å². The Morgan fingerprint density at radius 3 is 2.63 bits per heavy atom. The van der Waals surface area contributed by atoms with Crippen LogP contribution in [0.1, 0.15) is 70.2 Å². The second-order valence-corrected chi connectivity index (χ2v) is 10.2. The van der Waals surface area contributed by atoms with Crippen molar-refractivity contribution in [2.75, 3.05) is 0 Å². The molecule has 1 atom stereocenters. The van der Waals surface area contributed by atoms with Crippen molar-refractivity contribution in [2.24, 2.45) is 5.41 Å². The monoisotopic (exact) mass is 471 g/mol. The van der Waals surface area contributed by atoms with E-state index in [1.54, 1.807) is 0 Å². The zero-order valence-corrected chi connectivity index (χ0v) is 20.7. The topological polar surface area (TPSA) is 94.3 Å². The van der Waals surface area contributed by atoms with Crippen molar-refractivity contribution < 1.29 is 0 Å². The van der Waals surface area contributed by atoms with Crippen LogP contribution in [0.3, 0.4) is 0 Å². The van der Waals surface area contributed by atoms with Gasteiger partial charge in [0.1, 0.15) is 0 Å². The van der Waals surface area contributed by atoms with E-state index in [9.17, 15) is 4.79 Å². The molecule has 5 rings (SSSR count). The molecule has 35 heavy (non-hydrogen) atoms. The molecule has 8 heteroatoms. The molecule has 4 aromatic rings. The van der Waals surface area contributed by atoms with E-state index in [-0.39, 0.29) is 17.1 Å². The summed E-state index contributed by atoms with van der Waals surface area (Å²) in [6.45, 7) is 7.29. The van der Waals surface area contributed by atoms with Crippen LogP contribution in [0.2, 0.25) is 0 Å². The van der Waals surface area contributed by atoms with Crippen molar-refractivity contribution in [3.05, 3.63) is 70.5 Å². The summed E-state index contributed by atoms with van der Waals surface area (Å²) < 4.78 is 3.97. The van der Waals surface area contributed by atoms with Crippen LogP contribution in [0.25, 0.3) is 22.6 Å². The van der Waals surface area contributed by atoms with Crippen LogP contribution in [0.4, 0.5) is 0 Å². The van der Waals surface area contributed by atoms with Gasteiger partial charge in [-0.3, -0.25) is 14.1 Å². The lowest BCUT2D eigenvalue weighted by Crippen LogP contribution is -2.32. The van der Waals surface area contributed by atoms with Gasteiger partial charge in [-0.15, -0.1) is 10.2 Å². The average Bonchev–Trinajstić information content (AvgIpc) is 3.59. The van der Waals surface area contributed by atoms with E-state index in [1.807, 2.05) is 45.7 Å². The smallest absolute Gasteiger partial charge is 0.295 e. The Balaban J connectivity index is 1.45. The Hall–Kier alpha value is -3.55. The third-order valence-electron chi connectivity index (χ3n) is 7.36. The number of nitrogens with zero attached hydrogens (tertiary/aromatic N) is 6. The van der Waals surface area contributed by atoms with Gasteiger partial charge in [-0.25, -0.2) is 4.79 Å². The molecule has 182 valence electrons. The maximum Gasteiger partial charge on any atom is 0.328 e. The minimum Gasteiger partial charge on any atom is -0.295 e. The maximum absolute atomic E-state index is 13.6. The summed E-state index contributed by atoms with van der Waals surface area (Å²) in [6.07, 6.45) is 10.5. The van der Waals surface area contributed by atoms with Crippen LogP contribution in [-0.4, -0.2) is 34.7 Å². The van der Waals surface area contributed by atoms with Gasteiger partial charge in [0.05, 0.1) is 12.2 Å². The highest BCUT2D eigenvalue weighted by Crippen LogP contribution is 2.45. The fourth-order valence-corrected chi connectivity index (χ4v) is 5.36. The summed E-state index contributed by atoms with van der Waals surface area (Å²) >= 11 is 0. The number of unbranched alkanes of at least 4 members (excludes halogenated alkanes) is 1. The highest BCUT2D eigenvalue weighted by atomic mass is 16.1. The van der Waals surface area contributed by atoms with Crippen LogP contribution in [-0.2, 0) is 13.0 Å². The molecule has 1 saturated carbocycles. The molecule has 0 spiro atoms. The molecule has 0 radical (unpaired) electrons. The van der Waals surface area contributed by atoms with Gasteiger partial charge in [0.2, 0.25) is 5.82 Å². The van der Waals surface area contributed by atoms with Crippen molar-refractivity contribution in [3.8, 4) is 22.6 Å². The second kappa shape index (κ2) is 9.60. The zero-order valence-electron chi connectivity index (χ0n) is 20.7. The van der Waals surface area contributed by atoms with Crippen LogP contribution in [0.15, 0.2) is 53.6 Å². The predicted octanol–water partition coefficient (Wildman–Crippen LogP) is 5.03. The highest BCUT2D eigenvalue weighted by Gasteiger charge is 2.37. The number of aromatic nitrogens is 7. The first-order valence-corrected chi connectivity index (χ1v) is 12.6. The van der Waals surface area contributed by atoms with Crippen LogP contribution in [0, 0.1) is 5.41 Å². The van der Waals surface area contributed by atoms with Crippen molar-refractivity contribution in [3.63, 3.8) is 0 Å². The number of aromatic amines is 1. The van der Waals surface area contributed by atoms with Crippen molar-refractivity contribution in [1.82, 2.24) is 34.7 Å². The van der Waals surface area contributed by atoms with Crippen molar-refractivity contribution in [2.45, 2.75) is 71.9 Å². The Kier molecular flexibility index (Phi) is 6.36. The molecule has 1 N–H and O–H groups in total. The number of hydrogen-bond acceptors (Lipinski definition) is 5. The summed E-state index contributed by atoms with van der Waals surface area (Å²) in [5.41, 5.74) is 5.01. The average molecular weight is 472 g/mol. The molecule has 0 bridgehead atoms. The first kappa shape index (κ1) is 23.2. The van der Waals surface area contributed by atoms with Gasteiger partial charge in [-0.1, -0.05) is 63.9 Å². The SMILES string of the molecule is CCCCc1cn(C2CCCC2(C)C)c(=O)n1Cc1ccc(-c2ccccc2-c2nn[nH]n2)nc1. The molecular weight excluding hydrogens is 438 g/mol. The van der Waals surface area contributed by atoms with Gasteiger partial charge >= 0.3 is 5.69 Å². The van der Waals surface area contributed by atoms with Crippen LogP contribution >= 0.6 is 0 Å². The summed E-state index contributed by atoms with van der Waals surface area (Å²) in [5, 5.41) is 14.4. The van der Waals surface area contributed by atoms with E-state index < -0.39 is 0 Å². The van der Waals surface area contributed by atoms with Crippen LogP contribution < -0.4 is 5.69 Å². The molecule has 1 unspecified atom stereocenters. The molecule has 3 heterocycles. The number of rotatable bonds is 8. The van der Waals surface area contributed by atoms with Crippen LogP contribution in [0.5, 0.6) is 0 Å². The van der Waals surface area contributed by atoms with Gasteiger partial charge in [0, 0.05) is 35.3 Å². The van der Waals surface area contributed by atoms with Crippen molar-refractivity contribution >= 4 is 0 Å². The second-order valence-electron chi connectivity index (χ2n) is 10.2. The number of hydrogen-bond donors (Lipinski definition) is 1. The van der Waals surface area contributed by atoms with Gasteiger partial charge in [-0.2, -0.15) is 5.21 Å². The molecule has 0 amide bonds. The van der Waals surface area contributed by atoms with Gasteiger partial charge in [0.25, 0.3) is 0 Å². The molecule has 1 aliphatic rings. The molecule has 1 aliphatic carbocycles. The number of benzene rings is 1. The van der Waals surface area contributed by atoms with E-state index in [0.29, 0.717) is 12.4 Å². The lowest BCUT2D eigenvalue weighted by Gasteiger charge is -2.27. The number of imidazole rings is 1. The molecule has 3 aromatic heterocycles. The molecule has 0 saturated heterocycles. The first-order valence-electron chi connectivity index (χ1n) is 12.6. The predicted molar refractivity (Wildman–Crippen MR) is 136 cm³/mol. The Labute approximate surface area is 205 Å². The maximum atomic E-state index is 13.6. The number of H-pyrrole nitrogens is 1. The first-order chi connectivity index (χ1) is 17.0. The standard InChI is InChI=1S/C27H33N7O/c1-4-5-9-20-18-34(24-12-8-15-27(24,2)3)26(35)33(20)17-19-13-14-23(28-16-19)21-10-6-7-11-22(21)25-29-31-32-30-25/h6-7,10-11,13-14,16,18,24H,4-5,8-9,12,15,17H2,1-3H3,(H,29,30,31,32). The molecule has 0 aliphatic heterocycles. The van der Waals surface area contributed by atoms with E-state index >= 15 is 0 Å². The number of nitrogens with one attached hydrogen (secondary N) is 1. The molecule has 8 nitrogen and oxygen atoms in total. The minimum absolute atomic E-state index is 0.0996. The van der Waals surface area contributed by atoms with E-state index in [2.05, 4.69) is 53.7 Å². The molecule has 1 fully saturated rings. The number of aryl methyl sites for hydroxylation is 1. The Morgan fingerprint density at radius 2 is 1.97 bits per heavy atom. The zero-order chi connectivity index (χ0) is 24.4. The summed E-state index contributed by atoms with van der Waals surface area (Å²) in [4.78, 5) is 18.3. The quantitative estimate of drug-likeness (QED) is 0.389. The lowest BCUT2D eigenvalue weighted by atomic mass is 9.87. The normalized spacial score (nSPS) is 17.2. The lowest BCUT2D eigenvalue weighted by molar-refractivity contribution is 0.255. The number of pyridine rings is 1. The fraction of sp³-hybridized carbons (Fsp3) is 0.444. The van der Waals surface area contributed by atoms with Crippen molar-refractivity contribution in [1.29, 1.82) is 0 Å². The summed E-state index contributed by atoms with van der Waals surface area (Å²) in [7, 11) is 0. The molecule has 1 aromatic carbocycles. The molecular formula is C27H33N7O. The van der Waals surface area contributed by atoms with Gasteiger partial charge in [0.15, 0.2) is 0 Å². The summed E-state index contributed by atoms with van der Waals surface area (Å²) in [5.74, 6) is 0.537. The Bertz CT molecular complexity index is 1330. The van der Waals surface area contributed by atoms with E-state index in [4.69, 9.17) is 4.98 Å². The Morgan fingerprint density at radius 1 is 1.14 bits per heavy atom. The minimum atomic E-state index is 0.0996. The van der Waals surface area contributed by atoms with E-state index in [0.717, 1.165) is 60.2 Å². The van der Waals surface area contributed by atoms with E-state index in [1.165, 1.54) is 6.42 Å². The largest absolute Gasteiger partial charge is 0.328 e. The fourth-order valence-electron chi connectivity index (χ4n) is 5.36.